The van der Waals surface area contributed by atoms with Crippen LogP contribution in [0.25, 0.3) is 5.69 Å². The second-order valence-electron chi connectivity index (χ2n) is 4.30. The topological polar surface area (TPSA) is 68.5 Å². The lowest BCUT2D eigenvalue weighted by atomic mass is 10.2. The average molecular weight is 273 g/mol. The van der Waals surface area contributed by atoms with Gasteiger partial charge in [-0.2, -0.15) is 0 Å². The van der Waals surface area contributed by atoms with Crippen molar-refractivity contribution in [3.05, 3.63) is 58.0 Å². The van der Waals surface area contributed by atoms with Gasteiger partial charge in [0.05, 0.1) is 6.61 Å². The molecule has 0 aliphatic heterocycles. The van der Waals surface area contributed by atoms with Crippen LogP contribution in [0.4, 0.5) is 0 Å². The molecule has 0 saturated heterocycles. The molecule has 1 aromatic carbocycles. The summed E-state index contributed by atoms with van der Waals surface area (Å²) in [5, 5.41) is 9.20. The summed E-state index contributed by atoms with van der Waals surface area (Å²) in [4.78, 5) is 23.6. The number of hydrogen-bond acceptors (Lipinski definition) is 3. The fourth-order valence-electron chi connectivity index (χ4n) is 1.90. The predicted molar refractivity (Wildman–Crippen MR) is 74.9 cm³/mol. The van der Waals surface area contributed by atoms with E-state index in [9.17, 15) is 14.7 Å². The van der Waals surface area contributed by atoms with Gasteiger partial charge < -0.3 is 9.84 Å². The Kier molecular flexibility index (Phi) is 3.89. The van der Waals surface area contributed by atoms with E-state index < -0.39 is 11.5 Å². The molecule has 0 saturated carbocycles. The standard InChI is InChI=1S/C15H15NO4/c1-3-20-12-8-9-16(14(17)13(12)15(18)19)11-6-4-10(2)5-7-11/h4-9H,3H2,1-2H3,(H,18,19). The maximum atomic E-state index is 12.3. The molecule has 1 aromatic heterocycles. The summed E-state index contributed by atoms with van der Waals surface area (Å²) in [6.07, 6.45) is 1.52. The molecule has 104 valence electrons. The smallest absolute Gasteiger partial charge is 0.345 e. The zero-order chi connectivity index (χ0) is 14.7. The number of ether oxygens (including phenoxy) is 1. The summed E-state index contributed by atoms with van der Waals surface area (Å²) in [6, 6.07) is 8.75. The van der Waals surface area contributed by atoms with Gasteiger partial charge in [-0.25, -0.2) is 4.79 Å². The minimum Gasteiger partial charge on any atom is -0.493 e. The monoisotopic (exact) mass is 273 g/mol. The first-order valence-electron chi connectivity index (χ1n) is 6.23. The first kappa shape index (κ1) is 13.9. The lowest BCUT2D eigenvalue weighted by Gasteiger charge is -2.11. The lowest BCUT2D eigenvalue weighted by molar-refractivity contribution is 0.0690. The zero-order valence-corrected chi connectivity index (χ0v) is 11.3. The number of pyridine rings is 1. The van der Waals surface area contributed by atoms with Crippen LogP contribution in [0.3, 0.4) is 0 Å². The third-order valence-electron chi connectivity index (χ3n) is 2.88. The zero-order valence-electron chi connectivity index (χ0n) is 11.3. The van der Waals surface area contributed by atoms with Gasteiger partial charge in [-0.3, -0.25) is 9.36 Å². The van der Waals surface area contributed by atoms with Crippen molar-refractivity contribution in [2.75, 3.05) is 6.61 Å². The summed E-state index contributed by atoms with van der Waals surface area (Å²) >= 11 is 0. The second kappa shape index (κ2) is 5.61. The molecule has 0 amide bonds. The van der Waals surface area contributed by atoms with Crippen LogP contribution >= 0.6 is 0 Å². The van der Waals surface area contributed by atoms with Crippen LogP contribution in [0, 0.1) is 6.92 Å². The summed E-state index contributed by atoms with van der Waals surface area (Å²) < 4.78 is 6.49. The van der Waals surface area contributed by atoms with Gasteiger partial charge in [0.25, 0.3) is 5.56 Å². The van der Waals surface area contributed by atoms with Crippen molar-refractivity contribution in [2.45, 2.75) is 13.8 Å². The molecule has 2 rings (SSSR count). The molecule has 0 fully saturated rings. The van der Waals surface area contributed by atoms with Crippen LogP contribution in [0.1, 0.15) is 22.8 Å². The highest BCUT2D eigenvalue weighted by atomic mass is 16.5. The molecule has 20 heavy (non-hydrogen) atoms. The SMILES string of the molecule is CCOc1ccn(-c2ccc(C)cc2)c(=O)c1C(=O)O. The molecule has 5 heteroatoms. The Morgan fingerprint density at radius 3 is 2.45 bits per heavy atom. The van der Waals surface area contributed by atoms with Gasteiger partial charge in [0.2, 0.25) is 0 Å². The van der Waals surface area contributed by atoms with Gasteiger partial charge in [-0.1, -0.05) is 17.7 Å². The van der Waals surface area contributed by atoms with Crippen LogP contribution in [-0.2, 0) is 0 Å². The number of rotatable bonds is 4. The molecule has 0 aliphatic carbocycles. The summed E-state index contributed by atoms with van der Waals surface area (Å²) in [5.74, 6) is -1.20. The first-order chi connectivity index (χ1) is 9.54. The van der Waals surface area contributed by atoms with Crippen molar-refractivity contribution in [3.63, 3.8) is 0 Å². The van der Waals surface area contributed by atoms with Crippen LogP contribution in [-0.4, -0.2) is 22.2 Å². The Bertz CT molecular complexity index is 686. The molecule has 0 bridgehead atoms. The van der Waals surface area contributed by atoms with Crippen molar-refractivity contribution in [1.29, 1.82) is 0 Å². The van der Waals surface area contributed by atoms with Gasteiger partial charge >= 0.3 is 5.97 Å². The number of carbonyl (C=O) groups is 1. The van der Waals surface area contributed by atoms with Crippen molar-refractivity contribution in [1.82, 2.24) is 4.57 Å². The van der Waals surface area contributed by atoms with Crippen molar-refractivity contribution >= 4 is 5.97 Å². The highest BCUT2D eigenvalue weighted by Gasteiger charge is 2.18. The predicted octanol–water partition coefficient (Wildman–Crippen LogP) is 2.24. The minimum atomic E-state index is -1.29. The van der Waals surface area contributed by atoms with Crippen LogP contribution < -0.4 is 10.3 Å². The van der Waals surface area contributed by atoms with Crippen LogP contribution in [0.5, 0.6) is 5.75 Å². The maximum Gasteiger partial charge on any atom is 0.345 e. The van der Waals surface area contributed by atoms with Crippen LogP contribution in [0.2, 0.25) is 0 Å². The molecular weight excluding hydrogens is 258 g/mol. The fourth-order valence-corrected chi connectivity index (χ4v) is 1.90. The van der Waals surface area contributed by atoms with Gasteiger partial charge in [0, 0.05) is 11.9 Å². The summed E-state index contributed by atoms with van der Waals surface area (Å²) in [5.41, 5.74) is 0.722. The first-order valence-corrected chi connectivity index (χ1v) is 6.23. The molecule has 5 nitrogen and oxygen atoms in total. The Balaban J connectivity index is 2.62. The van der Waals surface area contributed by atoms with E-state index in [1.165, 1.54) is 16.8 Å². The molecule has 1 N–H and O–H groups in total. The molecule has 1 heterocycles. The number of benzene rings is 1. The van der Waals surface area contributed by atoms with E-state index in [1.54, 1.807) is 19.1 Å². The number of carboxylic acids is 1. The number of carboxylic acid groups (broad SMARTS) is 1. The van der Waals surface area contributed by atoms with E-state index >= 15 is 0 Å². The molecule has 0 spiro atoms. The maximum absolute atomic E-state index is 12.3. The Labute approximate surface area is 116 Å². The highest BCUT2D eigenvalue weighted by Crippen LogP contribution is 2.16. The van der Waals surface area contributed by atoms with Crippen molar-refractivity contribution < 1.29 is 14.6 Å². The van der Waals surface area contributed by atoms with E-state index in [4.69, 9.17) is 4.74 Å². The number of aryl methyl sites for hydroxylation is 1. The van der Waals surface area contributed by atoms with Gasteiger partial charge in [0.15, 0.2) is 5.56 Å². The van der Waals surface area contributed by atoms with Crippen molar-refractivity contribution in [3.8, 4) is 11.4 Å². The molecule has 0 unspecified atom stereocenters. The Hall–Kier alpha value is -2.56. The second-order valence-corrected chi connectivity index (χ2v) is 4.30. The largest absolute Gasteiger partial charge is 0.493 e. The van der Waals surface area contributed by atoms with E-state index in [0.717, 1.165) is 5.56 Å². The average Bonchev–Trinajstić information content (AvgIpc) is 2.40. The third kappa shape index (κ3) is 2.56. The quantitative estimate of drug-likeness (QED) is 0.927. The molecular formula is C15H15NO4. The number of nitrogens with zero attached hydrogens (tertiary/aromatic N) is 1. The third-order valence-corrected chi connectivity index (χ3v) is 2.88. The Morgan fingerprint density at radius 1 is 1.25 bits per heavy atom. The highest BCUT2D eigenvalue weighted by molar-refractivity contribution is 5.90. The molecule has 0 atom stereocenters. The van der Waals surface area contributed by atoms with E-state index in [1.807, 2.05) is 19.1 Å². The van der Waals surface area contributed by atoms with Gasteiger partial charge in [-0.05, 0) is 32.0 Å². The molecule has 0 radical (unpaired) electrons. The van der Waals surface area contributed by atoms with Crippen molar-refractivity contribution in [2.24, 2.45) is 0 Å². The minimum absolute atomic E-state index is 0.0911. The molecule has 0 aliphatic rings. The normalized spacial score (nSPS) is 10.3. The number of aromatic carboxylic acids is 1. The van der Waals surface area contributed by atoms with Gasteiger partial charge in [0.1, 0.15) is 5.75 Å². The number of hydrogen-bond donors (Lipinski definition) is 1. The molecule has 2 aromatic rings. The number of aromatic nitrogens is 1. The Morgan fingerprint density at radius 2 is 1.90 bits per heavy atom. The van der Waals surface area contributed by atoms with E-state index in [-0.39, 0.29) is 11.3 Å². The van der Waals surface area contributed by atoms with E-state index in [0.29, 0.717) is 12.3 Å². The summed E-state index contributed by atoms with van der Waals surface area (Å²) in [6.45, 7) is 3.97. The van der Waals surface area contributed by atoms with Crippen LogP contribution in [0.15, 0.2) is 41.3 Å². The van der Waals surface area contributed by atoms with Gasteiger partial charge in [-0.15, -0.1) is 0 Å². The fraction of sp³-hybridized carbons (Fsp3) is 0.200. The lowest BCUT2D eigenvalue weighted by Crippen LogP contribution is -2.25. The van der Waals surface area contributed by atoms with E-state index in [2.05, 4.69) is 0 Å². The summed E-state index contributed by atoms with van der Waals surface area (Å²) in [7, 11) is 0.